The van der Waals surface area contributed by atoms with Gasteiger partial charge in [0.2, 0.25) is 0 Å². The zero-order valence-electron chi connectivity index (χ0n) is 10.2. The van der Waals surface area contributed by atoms with Gasteiger partial charge in [0.15, 0.2) is 0 Å². The summed E-state index contributed by atoms with van der Waals surface area (Å²) in [5, 5.41) is 11.3. The van der Waals surface area contributed by atoms with Gasteiger partial charge < -0.3 is 4.90 Å². The largest absolute Gasteiger partial charge is 0.336 e. The number of nitrogens with zero attached hydrogens (tertiary/aromatic N) is 3. The van der Waals surface area contributed by atoms with E-state index in [1.54, 1.807) is 16.7 Å². The molecular weight excluding hydrogens is 290 g/mol. The number of halogens is 1. The molecule has 0 aromatic carbocycles. The highest BCUT2D eigenvalue weighted by Gasteiger charge is 2.28. The number of aromatic nitrogens is 1. The van der Waals surface area contributed by atoms with Gasteiger partial charge in [0.25, 0.3) is 11.6 Å². The number of nitro groups is 1. The normalized spacial score (nSPS) is 19.3. The smallest absolute Gasteiger partial charge is 0.300 e. The van der Waals surface area contributed by atoms with E-state index in [0.29, 0.717) is 18.3 Å². The first-order chi connectivity index (χ1) is 8.99. The fourth-order valence-corrected chi connectivity index (χ4v) is 3.08. The first-order valence-electron chi connectivity index (χ1n) is 5.70. The molecule has 1 unspecified atom stereocenters. The van der Waals surface area contributed by atoms with Gasteiger partial charge in [0.1, 0.15) is 16.9 Å². The highest BCUT2D eigenvalue weighted by Crippen LogP contribution is 2.25. The summed E-state index contributed by atoms with van der Waals surface area (Å²) in [5.74, 6) is 0.475. The molecular formula is C11H12ClN3O3S. The van der Waals surface area contributed by atoms with E-state index in [0.717, 1.165) is 11.9 Å². The molecule has 0 radical (unpaired) electrons. The topological polar surface area (TPSA) is 76.3 Å². The molecule has 1 aliphatic heterocycles. The van der Waals surface area contributed by atoms with E-state index in [9.17, 15) is 14.9 Å². The average molecular weight is 302 g/mol. The minimum atomic E-state index is -0.612. The molecule has 102 valence electrons. The molecule has 0 N–H and O–H groups in total. The standard InChI is InChI=1S/C11H12ClN3O3S/c1-7-6-14(2-3-19-7)11(16)8-4-10(12)13-5-9(8)15(17)18/h4-5,7H,2-3,6H2,1H3. The summed E-state index contributed by atoms with van der Waals surface area (Å²) in [6.07, 6.45) is 1.03. The summed E-state index contributed by atoms with van der Waals surface area (Å²) in [6, 6.07) is 1.26. The molecule has 1 amide bonds. The van der Waals surface area contributed by atoms with E-state index in [1.165, 1.54) is 6.07 Å². The van der Waals surface area contributed by atoms with Gasteiger partial charge in [-0.2, -0.15) is 11.8 Å². The van der Waals surface area contributed by atoms with Crippen LogP contribution in [0.3, 0.4) is 0 Å². The Labute approximate surface area is 119 Å². The highest BCUT2D eigenvalue weighted by atomic mass is 35.5. The summed E-state index contributed by atoms with van der Waals surface area (Å²) < 4.78 is 0. The van der Waals surface area contributed by atoms with Crippen LogP contribution in [0.15, 0.2) is 12.3 Å². The van der Waals surface area contributed by atoms with Crippen molar-refractivity contribution in [3.05, 3.63) is 33.1 Å². The van der Waals surface area contributed by atoms with Crippen molar-refractivity contribution in [2.75, 3.05) is 18.8 Å². The molecule has 1 aromatic heterocycles. The van der Waals surface area contributed by atoms with Crippen LogP contribution in [0.25, 0.3) is 0 Å². The summed E-state index contributed by atoms with van der Waals surface area (Å²) in [6.45, 7) is 3.20. The average Bonchev–Trinajstić information content (AvgIpc) is 2.37. The number of rotatable bonds is 2. The summed E-state index contributed by atoms with van der Waals surface area (Å²) in [4.78, 5) is 27.9. The van der Waals surface area contributed by atoms with Gasteiger partial charge in [-0.3, -0.25) is 14.9 Å². The van der Waals surface area contributed by atoms with E-state index in [1.807, 2.05) is 6.92 Å². The van der Waals surface area contributed by atoms with Crippen LogP contribution in [0, 0.1) is 10.1 Å². The molecule has 19 heavy (non-hydrogen) atoms. The third-order valence-corrected chi connectivity index (χ3v) is 4.15. The quantitative estimate of drug-likeness (QED) is 0.475. The van der Waals surface area contributed by atoms with Crippen LogP contribution in [0.2, 0.25) is 5.15 Å². The lowest BCUT2D eigenvalue weighted by Gasteiger charge is -2.30. The Kier molecular flexibility index (Phi) is 4.26. The number of carbonyl (C=O) groups excluding carboxylic acids is 1. The number of amides is 1. The zero-order chi connectivity index (χ0) is 14.0. The third kappa shape index (κ3) is 3.16. The highest BCUT2D eigenvalue weighted by molar-refractivity contribution is 7.99. The van der Waals surface area contributed by atoms with Crippen molar-refractivity contribution in [2.24, 2.45) is 0 Å². The van der Waals surface area contributed by atoms with Gasteiger partial charge >= 0.3 is 0 Å². The zero-order valence-corrected chi connectivity index (χ0v) is 11.8. The Morgan fingerprint density at radius 2 is 2.42 bits per heavy atom. The Balaban J connectivity index is 2.32. The predicted molar refractivity (Wildman–Crippen MR) is 73.7 cm³/mol. The number of carbonyl (C=O) groups is 1. The van der Waals surface area contributed by atoms with Crippen LogP contribution in [0.5, 0.6) is 0 Å². The van der Waals surface area contributed by atoms with Crippen molar-refractivity contribution in [2.45, 2.75) is 12.2 Å². The summed E-state index contributed by atoms with van der Waals surface area (Å²) in [7, 11) is 0. The molecule has 0 aliphatic carbocycles. The number of thioether (sulfide) groups is 1. The number of hydrogen-bond donors (Lipinski definition) is 0. The van der Waals surface area contributed by atoms with Gasteiger partial charge in [-0.25, -0.2) is 4.98 Å². The second-order valence-electron chi connectivity index (χ2n) is 4.21. The van der Waals surface area contributed by atoms with Crippen molar-refractivity contribution < 1.29 is 9.72 Å². The van der Waals surface area contributed by atoms with Crippen molar-refractivity contribution >= 4 is 35.0 Å². The van der Waals surface area contributed by atoms with Crippen molar-refractivity contribution in [3.63, 3.8) is 0 Å². The molecule has 6 nitrogen and oxygen atoms in total. The molecule has 0 spiro atoms. The van der Waals surface area contributed by atoms with Crippen LogP contribution >= 0.6 is 23.4 Å². The molecule has 8 heteroatoms. The molecule has 2 heterocycles. The molecule has 1 saturated heterocycles. The van der Waals surface area contributed by atoms with Crippen LogP contribution < -0.4 is 0 Å². The lowest BCUT2D eigenvalue weighted by molar-refractivity contribution is -0.385. The van der Waals surface area contributed by atoms with Gasteiger partial charge in [-0.15, -0.1) is 0 Å². The van der Waals surface area contributed by atoms with E-state index < -0.39 is 4.92 Å². The Bertz CT molecular complexity index is 526. The molecule has 2 rings (SSSR count). The Hall–Kier alpha value is -1.34. The fraction of sp³-hybridized carbons (Fsp3) is 0.455. The van der Waals surface area contributed by atoms with Crippen LogP contribution in [0.4, 0.5) is 5.69 Å². The maximum atomic E-state index is 12.3. The van der Waals surface area contributed by atoms with Crippen molar-refractivity contribution in [1.29, 1.82) is 0 Å². The first-order valence-corrected chi connectivity index (χ1v) is 7.12. The molecule has 1 fully saturated rings. The lowest BCUT2D eigenvalue weighted by Crippen LogP contribution is -2.41. The van der Waals surface area contributed by atoms with E-state index in [-0.39, 0.29) is 22.3 Å². The maximum absolute atomic E-state index is 12.3. The molecule has 1 atom stereocenters. The van der Waals surface area contributed by atoms with Gasteiger partial charge in [-0.05, 0) is 6.07 Å². The van der Waals surface area contributed by atoms with E-state index in [2.05, 4.69) is 4.98 Å². The van der Waals surface area contributed by atoms with Gasteiger partial charge in [-0.1, -0.05) is 18.5 Å². The minimum Gasteiger partial charge on any atom is -0.336 e. The fourth-order valence-electron chi connectivity index (χ4n) is 1.91. The summed E-state index contributed by atoms with van der Waals surface area (Å²) >= 11 is 7.51. The van der Waals surface area contributed by atoms with Crippen LogP contribution in [-0.2, 0) is 0 Å². The van der Waals surface area contributed by atoms with Crippen LogP contribution in [0.1, 0.15) is 17.3 Å². The third-order valence-electron chi connectivity index (χ3n) is 2.80. The Morgan fingerprint density at radius 3 is 3.05 bits per heavy atom. The molecule has 0 saturated carbocycles. The molecule has 1 aliphatic rings. The predicted octanol–water partition coefficient (Wildman–Crippen LogP) is 2.22. The minimum absolute atomic E-state index is 0.00380. The van der Waals surface area contributed by atoms with Gasteiger partial charge in [0.05, 0.1) is 4.92 Å². The molecule has 1 aromatic rings. The second-order valence-corrected chi connectivity index (χ2v) is 6.15. The summed E-state index contributed by atoms with van der Waals surface area (Å²) in [5.41, 5.74) is -0.302. The Morgan fingerprint density at radius 1 is 1.68 bits per heavy atom. The van der Waals surface area contributed by atoms with E-state index in [4.69, 9.17) is 11.6 Å². The molecule has 0 bridgehead atoms. The monoisotopic (exact) mass is 301 g/mol. The SMILES string of the molecule is CC1CN(C(=O)c2cc(Cl)ncc2[N+](=O)[O-])CCS1. The first kappa shape index (κ1) is 14.1. The number of hydrogen-bond acceptors (Lipinski definition) is 5. The van der Waals surface area contributed by atoms with Crippen molar-refractivity contribution in [3.8, 4) is 0 Å². The number of pyridine rings is 1. The van der Waals surface area contributed by atoms with Crippen molar-refractivity contribution in [1.82, 2.24) is 9.88 Å². The van der Waals surface area contributed by atoms with Crippen LogP contribution in [-0.4, -0.2) is 44.8 Å². The van der Waals surface area contributed by atoms with E-state index >= 15 is 0 Å². The van der Waals surface area contributed by atoms with Gasteiger partial charge in [0, 0.05) is 24.1 Å². The maximum Gasteiger partial charge on any atom is 0.300 e. The second kappa shape index (κ2) is 5.75. The lowest BCUT2D eigenvalue weighted by atomic mass is 10.2.